The van der Waals surface area contributed by atoms with E-state index in [1.165, 1.54) is 44.9 Å². The summed E-state index contributed by atoms with van der Waals surface area (Å²) >= 11 is 0. The molecule has 0 aliphatic carbocycles. The van der Waals surface area contributed by atoms with Crippen molar-refractivity contribution in [2.75, 3.05) is 13.1 Å². The molecule has 27 heavy (non-hydrogen) atoms. The quantitative estimate of drug-likeness (QED) is 0.227. The molecule has 1 atom stereocenters. The minimum Gasteiger partial charge on any atom is -0.481 e. The lowest BCUT2D eigenvalue weighted by atomic mass is 9.96. The van der Waals surface area contributed by atoms with Crippen LogP contribution in [0, 0.1) is 5.92 Å². The normalized spacial score (nSPS) is 12.4. The number of carboxylic acid groups (broad SMARTS) is 1. The second-order valence-electron chi connectivity index (χ2n) is 7.47. The third-order valence-electron chi connectivity index (χ3n) is 5.20. The van der Waals surface area contributed by atoms with Gasteiger partial charge in [0.1, 0.15) is 0 Å². The number of amides is 1. The molecule has 0 fully saturated rings. The summed E-state index contributed by atoms with van der Waals surface area (Å²) in [6.45, 7) is 7.39. The summed E-state index contributed by atoms with van der Waals surface area (Å²) in [5.41, 5.74) is 0. The van der Waals surface area contributed by atoms with Crippen molar-refractivity contribution in [2.45, 2.75) is 104 Å². The lowest BCUT2D eigenvalue weighted by molar-refractivity contribution is -0.146. The number of unbranched alkanes of at least 4 members (excludes halogenated alkanes) is 9. The molecule has 0 saturated heterocycles. The zero-order valence-electron chi connectivity index (χ0n) is 18.0. The minimum atomic E-state index is -0.834. The van der Waals surface area contributed by atoms with E-state index < -0.39 is 11.9 Å². The van der Waals surface area contributed by atoms with Crippen molar-refractivity contribution in [2.24, 2.45) is 5.92 Å². The Bertz CT molecular complexity index is 402. The Morgan fingerprint density at radius 3 is 1.85 bits per heavy atom. The zero-order valence-corrected chi connectivity index (χ0v) is 18.0. The maximum atomic E-state index is 12.1. The molecule has 1 N–H and O–H groups in total. The number of hydrogen-bond acceptors (Lipinski definition) is 2. The van der Waals surface area contributed by atoms with Crippen LogP contribution in [0.3, 0.4) is 0 Å². The second-order valence-corrected chi connectivity index (χ2v) is 7.47. The Labute approximate surface area is 167 Å². The summed E-state index contributed by atoms with van der Waals surface area (Å²) in [7, 11) is 0. The van der Waals surface area contributed by atoms with Crippen LogP contribution in [-0.2, 0) is 9.59 Å². The van der Waals surface area contributed by atoms with Crippen LogP contribution in [-0.4, -0.2) is 35.0 Å². The molecule has 0 radical (unpaired) electrons. The van der Waals surface area contributed by atoms with Crippen molar-refractivity contribution >= 4 is 11.9 Å². The van der Waals surface area contributed by atoms with E-state index in [9.17, 15) is 14.7 Å². The smallest absolute Gasteiger partial charge is 0.307 e. The van der Waals surface area contributed by atoms with Gasteiger partial charge in [0, 0.05) is 19.5 Å². The number of carbonyl (C=O) groups excluding carboxylic acids is 1. The predicted molar refractivity (Wildman–Crippen MR) is 114 cm³/mol. The summed E-state index contributed by atoms with van der Waals surface area (Å²) in [6.07, 6.45) is 18.6. The van der Waals surface area contributed by atoms with E-state index in [0.717, 1.165) is 25.7 Å². The molecule has 0 bridgehead atoms. The Kier molecular flexibility index (Phi) is 17.2. The molecule has 4 heteroatoms. The van der Waals surface area contributed by atoms with Crippen molar-refractivity contribution in [3.8, 4) is 0 Å². The summed E-state index contributed by atoms with van der Waals surface area (Å²) in [4.78, 5) is 25.2. The summed E-state index contributed by atoms with van der Waals surface area (Å²) in [6, 6.07) is 0. The van der Waals surface area contributed by atoms with E-state index in [-0.39, 0.29) is 12.3 Å². The molecule has 0 spiro atoms. The summed E-state index contributed by atoms with van der Waals surface area (Å²) in [5, 5.41) is 9.36. The predicted octanol–water partition coefficient (Wildman–Crippen LogP) is 6.20. The van der Waals surface area contributed by atoms with Crippen molar-refractivity contribution in [1.82, 2.24) is 4.90 Å². The molecule has 0 saturated carbocycles. The molecule has 0 aromatic carbocycles. The van der Waals surface area contributed by atoms with E-state index in [1.807, 2.05) is 13.8 Å². The average molecular weight is 382 g/mol. The van der Waals surface area contributed by atoms with Crippen LogP contribution in [0.5, 0.6) is 0 Å². The third-order valence-corrected chi connectivity index (χ3v) is 5.20. The number of nitrogens with zero attached hydrogens (tertiary/aromatic N) is 1. The van der Waals surface area contributed by atoms with Crippen molar-refractivity contribution in [3.05, 3.63) is 12.2 Å². The second kappa shape index (κ2) is 18.1. The molecule has 0 rings (SSSR count). The molecular weight excluding hydrogens is 338 g/mol. The highest BCUT2D eigenvalue weighted by molar-refractivity contribution is 5.82. The first-order valence-corrected chi connectivity index (χ1v) is 11.2. The zero-order chi connectivity index (χ0) is 20.3. The Balaban J connectivity index is 3.74. The SMILES string of the molecule is CCCCCC/C=C/CCCCCCCC(CC(=O)N(CC)CC)C(=O)O. The first kappa shape index (κ1) is 25.7. The van der Waals surface area contributed by atoms with Crippen LogP contribution in [0.4, 0.5) is 0 Å². The lowest BCUT2D eigenvalue weighted by Gasteiger charge is -2.21. The van der Waals surface area contributed by atoms with Gasteiger partial charge < -0.3 is 10.0 Å². The van der Waals surface area contributed by atoms with Crippen LogP contribution in [0.2, 0.25) is 0 Å². The molecule has 4 nitrogen and oxygen atoms in total. The maximum Gasteiger partial charge on any atom is 0.307 e. The van der Waals surface area contributed by atoms with E-state index in [0.29, 0.717) is 19.5 Å². The van der Waals surface area contributed by atoms with Gasteiger partial charge in [0.05, 0.1) is 5.92 Å². The van der Waals surface area contributed by atoms with Gasteiger partial charge >= 0.3 is 5.97 Å². The van der Waals surface area contributed by atoms with E-state index in [4.69, 9.17) is 0 Å². The lowest BCUT2D eigenvalue weighted by Crippen LogP contribution is -2.33. The number of rotatable bonds is 18. The maximum absolute atomic E-state index is 12.1. The van der Waals surface area contributed by atoms with Crippen molar-refractivity contribution in [3.63, 3.8) is 0 Å². The third kappa shape index (κ3) is 14.4. The molecule has 0 heterocycles. The highest BCUT2D eigenvalue weighted by atomic mass is 16.4. The van der Waals surface area contributed by atoms with Gasteiger partial charge in [-0.25, -0.2) is 0 Å². The molecule has 0 aromatic heterocycles. The number of carboxylic acids is 1. The summed E-state index contributed by atoms with van der Waals surface area (Å²) < 4.78 is 0. The topological polar surface area (TPSA) is 57.6 Å². The van der Waals surface area contributed by atoms with Crippen molar-refractivity contribution in [1.29, 1.82) is 0 Å². The van der Waals surface area contributed by atoms with Gasteiger partial charge in [-0.05, 0) is 46.0 Å². The number of hydrogen-bond donors (Lipinski definition) is 1. The van der Waals surface area contributed by atoms with Gasteiger partial charge in [-0.3, -0.25) is 9.59 Å². The van der Waals surface area contributed by atoms with Crippen LogP contribution >= 0.6 is 0 Å². The molecule has 1 amide bonds. The van der Waals surface area contributed by atoms with E-state index >= 15 is 0 Å². The number of allylic oxidation sites excluding steroid dienone is 2. The molecule has 0 aliphatic rings. The first-order chi connectivity index (χ1) is 13.1. The van der Waals surface area contributed by atoms with E-state index in [2.05, 4.69) is 19.1 Å². The number of aliphatic carboxylic acids is 1. The number of carbonyl (C=O) groups is 2. The fraction of sp³-hybridized carbons (Fsp3) is 0.826. The Hall–Kier alpha value is -1.32. The van der Waals surface area contributed by atoms with Gasteiger partial charge in [0.15, 0.2) is 0 Å². The van der Waals surface area contributed by atoms with Gasteiger partial charge in [-0.2, -0.15) is 0 Å². The van der Waals surface area contributed by atoms with Gasteiger partial charge in [-0.1, -0.05) is 64.0 Å². The average Bonchev–Trinajstić information content (AvgIpc) is 2.65. The fourth-order valence-electron chi connectivity index (χ4n) is 3.34. The molecular formula is C23H43NO3. The highest BCUT2D eigenvalue weighted by Gasteiger charge is 2.22. The molecule has 158 valence electrons. The Morgan fingerprint density at radius 2 is 1.33 bits per heavy atom. The fourth-order valence-corrected chi connectivity index (χ4v) is 3.34. The molecule has 1 unspecified atom stereocenters. The van der Waals surface area contributed by atoms with Crippen LogP contribution in [0.1, 0.15) is 104 Å². The van der Waals surface area contributed by atoms with Crippen LogP contribution in [0.25, 0.3) is 0 Å². The molecule has 0 aliphatic heterocycles. The Morgan fingerprint density at radius 1 is 0.815 bits per heavy atom. The summed E-state index contributed by atoms with van der Waals surface area (Å²) in [5.74, 6) is -1.40. The van der Waals surface area contributed by atoms with Gasteiger partial charge in [0.25, 0.3) is 0 Å². The largest absolute Gasteiger partial charge is 0.481 e. The minimum absolute atomic E-state index is 0.0334. The van der Waals surface area contributed by atoms with E-state index in [1.54, 1.807) is 4.90 Å². The highest BCUT2D eigenvalue weighted by Crippen LogP contribution is 2.17. The van der Waals surface area contributed by atoms with Gasteiger partial charge in [-0.15, -0.1) is 0 Å². The van der Waals surface area contributed by atoms with Crippen LogP contribution in [0.15, 0.2) is 12.2 Å². The monoisotopic (exact) mass is 381 g/mol. The first-order valence-electron chi connectivity index (χ1n) is 11.2. The van der Waals surface area contributed by atoms with Gasteiger partial charge in [0.2, 0.25) is 5.91 Å². The standard InChI is InChI=1S/C23H43NO3/c1-4-7-8-9-10-11-12-13-14-15-16-17-18-19-21(23(26)27)20-22(25)24(5-2)6-3/h11-12,21H,4-10,13-20H2,1-3H3,(H,26,27)/b12-11+. The molecule has 0 aromatic rings. The van der Waals surface area contributed by atoms with Crippen LogP contribution < -0.4 is 0 Å². The van der Waals surface area contributed by atoms with Crippen molar-refractivity contribution < 1.29 is 14.7 Å².